The van der Waals surface area contributed by atoms with Gasteiger partial charge in [-0.05, 0) is 55.8 Å². The zero-order chi connectivity index (χ0) is 24.5. The van der Waals surface area contributed by atoms with E-state index in [1.54, 1.807) is 0 Å². The molecule has 3 amide bonds. The Bertz CT molecular complexity index is 933. The highest BCUT2D eigenvalue weighted by molar-refractivity contribution is 5.94. The van der Waals surface area contributed by atoms with Crippen LogP contribution in [0.2, 0.25) is 0 Å². The van der Waals surface area contributed by atoms with E-state index in [0.29, 0.717) is 31.7 Å². The Kier molecular flexibility index (Phi) is 9.48. The first-order valence-electron chi connectivity index (χ1n) is 12.2. The predicted molar refractivity (Wildman–Crippen MR) is 134 cm³/mol. The van der Waals surface area contributed by atoms with Crippen LogP contribution in [0.3, 0.4) is 0 Å². The zero-order valence-electron chi connectivity index (χ0n) is 20.8. The molecule has 0 saturated carbocycles. The van der Waals surface area contributed by atoms with Gasteiger partial charge in [0.1, 0.15) is 0 Å². The van der Waals surface area contributed by atoms with Crippen molar-refractivity contribution in [3.8, 4) is 0 Å². The number of rotatable bonds is 9. The molecule has 0 bridgehead atoms. The summed E-state index contributed by atoms with van der Waals surface area (Å²) in [5, 5.41) is 5.86. The molecule has 0 spiro atoms. The lowest BCUT2D eigenvalue weighted by Gasteiger charge is -2.35. The van der Waals surface area contributed by atoms with E-state index in [2.05, 4.69) is 41.5 Å². The van der Waals surface area contributed by atoms with E-state index >= 15 is 0 Å². The third kappa shape index (κ3) is 7.30. The minimum atomic E-state index is -0.214. The first kappa shape index (κ1) is 25.7. The molecule has 2 atom stereocenters. The van der Waals surface area contributed by atoms with Crippen molar-refractivity contribution in [1.82, 2.24) is 20.4 Å². The van der Waals surface area contributed by atoms with Crippen LogP contribution >= 0.6 is 0 Å². The average Bonchev–Trinajstić information content (AvgIpc) is 2.84. The number of nitrogens with zero attached hydrogens (tertiary/aromatic N) is 2. The number of amides is 3. The Balaban J connectivity index is 1.48. The van der Waals surface area contributed by atoms with Gasteiger partial charge in [0.05, 0.1) is 12.2 Å². The third-order valence-electron chi connectivity index (χ3n) is 6.21. The molecule has 34 heavy (non-hydrogen) atoms. The number of morpholine rings is 1. The van der Waals surface area contributed by atoms with Crippen molar-refractivity contribution >= 4 is 11.9 Å². The molecule has 0 aromatic heterocycles. The van der Waals surface area contributed by atoms with Crippen LogP contribution in [-0.2, 0) is 24.4 Å². The summed E-state index contributed by atoms with van der Waals surface area (Å²) < 4.78 is 5.72. The zero-order valence-corrected chi connectivity index (χ0v) is 20.8. The fourth-order valence-corrected chi connectivity index (χ4v) is 4.28. The Morgan fingerprint density at radius 2 is 1.50 bits per heavy atom. The number of benzene rings is 2. The van der Waals surface area contributed by atoms with Gasteiger partial charge in [-0.2, -0.15) is 0 Å². The van der Waals surface area contributed by atoms with E-state index in [-0.39, 0.29) is 24.1 Å². The van der Waals surface area contributed by atoms with Gasteiger partial charge in [0.2, 0.25) is 0 Å². The Morgan fingerprint density at radius 1 is 0.912 bits per heavy atom. The normalized spacial score (nSPS) is 18.1. The van der Waals surface area contributed by atoms with Crippen LogP contribution in [-0.4, -0.2) is 60.1 Å². The summed E-state index contributed by atoms with van der Waals surface area (Å²) in [6.07, 6.45) is 0.0813. The largest absolute Gasteiger partial charge is 0.372 e. The predicted octanol–water partition coefficient (Wildman–Crippen LogP) is 3.78. The second-order valence-corrected chi connectivity index (χ2v) is 8.93. The molecule has 0 radical (unpaired) electrons. The molecule has 1 saturated heterocycles. The van der Waals surface area contributed by atoms with Crippen molar-refractivity contribution in [3.05, 3.63) is 70.8 Å². The van der Waals surface area contributed by atoms with Gasteiger partial charge in [-0.15, -0.1) is 0 Å². The monoisotopic (exact) mass is 466 g/mol. The SMILES string of the molecule is CCN(CC)Cc1ccccc1CNC(=O)NCc1ccc(C(=O)N2CC(C)OC(C)C2)cc1. The lowest BCUT2D eigenvalue weighted by molar-refractivity contribution is -0.0586. The maximum absolute atomic E-state index is 12.8. The van der Waals surface area contributed by atoms with Gasteiger partial charge < -0.3 is 20.3 Å². The quantitative estimate of drug-likeness (QED) is 0.590. The summed E-state index contributed by atoms with van der Waals surface area (Å²) in [6, 6.07) is 15.4. The molecular weight excluding hydrogens is 428 g/mol. The Hall–Kier alpha value is -2.90. The first-order chi connectivity index (χ1) is 16.4. The minimum absolute atomic E-state index is 0.0163. The molecule has 2 N–H and O–H groups in total. The molecule has 7 nitrogen and oxygen atoms in total. The molecule has 0 aliphatic carbocycles. The summed E-state index contributed by atoms with van der Waals surface area (Å²) in [6.45, 7) is 13.2. The molecule has 1 aliphatic rings. The van der Waals surface area contributed by atoms with Crippen molar-refractivity contribution in [2.45, 2.75) is 59.5 Å². The van der Waals surface area contributed by atoms with E-state index in [1.807, 2.05) is 55.1 Å². The van der Waals surface area contributed by atoms with Crippen LogP contribution in [0.1, 0.15) is 54.7 Å². The second kappa shape index (κ2) is 12.5. The summed E-state index contributed by atoms with van der Waals surface area (Å²) in [7, 11) is 0. The van der Waals surface area contributed by atoms with Crippen LogP contribution in [0.4, 0.5) is 4.79 Å². The van der Waals surface area contributed by atoms with E-state index < -0.39 is 0 Å². The highest BCUT2D eigenvalue weighted by atomic mass is 16.5. The van der Waals surface area contributed by atoms with E-state index in [1.165, 1.54) is 5.56 Å². The van der Waals surface area contributed by atoms with Gasteiger partial charge in [0, 0.05) is 38.3 Å². The van der Waals surface area contributed by atoms with Gasteiger partial charge in [-0.25, -0.2) is 4.79 Å². The van der Waals surface area contributed by atoms with Crippen LogP contribution in [0.5, 0.6) is 0 Å². The molecular formula is C27H38N4O3. The summed E-state index contributed by atoms with van der Waals surface area (Å²) in [5.74, 6) is 0.0163. The molecule has 7 heteroatoms. The van der Waals surface area contributed by atoms with Gasteiger partial charge in [0.15, 0.2) is 0 Å². The van der Waals surface area contributed by atoms with Crippen molar-refractivity contribution in [3.63, 3.8) is 0 Å². The number of hydrogen-bond acceptors (Lipinski definition) is 4. The smallest absolute Gasteiger partial charge is 0.315 e. The fourth-order valence-electron chi connectivity index (χ4n) is 4.28. The molecule has 1 heterocycles. The molecule has 1 fully saturated rings. The standard InChI is InChI=1S/C27H38N4O3/c1-5-30(6-2)19-25-10-8-7-9-24(25)16-29-27(33)28-15-22-11-13-23(14-12-22)26(32)31-17-20(3)34-21(4)18-31/h7-14,20-21H,5-6,15-19H2,1-4H3,(H2,28,29,33). The molecule has 1 aliphatic heterocycles. The maximum atomic E-state index is 12.8. The van der Waals surface area contributed by atoms with Crippen molar-refractivity contribution < 1.29 is 14.3 Å². The number of carbonyl (C=O) groups is 2. The van der Waals surface area contributed by atoms with Gasteiger partial charge >= 0.3 is 6.03 Å². The number of ether oxygens (including phenoxy) is 1. The average molecular weight is 467 g/mol. The van der Waals surface area contributed by atoms with Gasteiger partial charge in [0.25, 0.3) is 5.91 Å². The van der Waals surface area contributed by atoms with E-state index in [9.17, 15) is 9.59 Å². The lowest BCUT2D eigenvalue weighted by atomic mass is 10.1. The van der Waals surface area contributed by atoms with Crippen molar-refractivity contribution in [1.29, 1.82) is 0 Å². The fraction of sp³-hybridized carbons (Fsp3) is 0.481. The van der Waals surface area contributed by atoms with E-state index in [4.69, 9.17) is 4.74 Å². The van der Waals surface area contributed by atoms with Gasteiger partial charge in [-0.3, -0.25) is 9.69 Å². The molecule has 2 aromatic carbocycles. The first-order valence-corrected chi connectivity index (χ1v) is 12.2. The summed E-state index contributed by atoms with van der Waals surface area (Å²) >= 11 is 0. The third-order valence-corrected chi connectivity index (χ3v) is 6.21. The van der Waals surface area contributed by atoms with Crippen LogP contribution in [0.15, 0.2) is 48.5 Å². The number of carbonyl (C=O) groups excluding carboxylic acids is 2. The maximum Gasteiger partial charge on any atom is 0.315 e. The molecule has 2 aromatic rings. The van der Waals surface area contributed by atoms with Gasteiger partial charge in [-0.1, -0.05) is 50.2 Å². The lowest BCUT2D eigenvalue weighted by Crippen LogP contribution is -2.48. The molecule has 2 unspecified atom stereocenters. The van der Waals surface area contributed by atoms with Crippen molar-refractivity contribution in [2.24, 2.45) is 0 Å². The number of hydrogen-bond donors (Lipinski definition) is 2. The minimum Gasteiger partial charge on any atom is -0.372 e. The van der Waals surface area contributed by atoms with E-state index in [0.717, 1.165) is 30.8 Å². The Labute approximate surface area is 203 Å². The number of urea groups is 1. The summed E-state index contributed by atoms with van der Waals surface area (Å²) in [4.78, 5) is 29.4. The molecule has 184 valence electrons. The highest BCUT2D eigenvalue weighted by Crippen LogP contribution is 2.15. The van der Waals surface area contributed by atoms with Crippen LogP contribution < -0.4 is 10.6 Å². The second-order valence-electron chi connectivity index (χ2n) is 8.93. The summed E-state index contributed by atoms with van der Waals surface area (Å²) in [5.41, 5.74) is 3.95. The van der Waals surface area contributed by atoms with Crippen LogP contribution in [0.25, 0.3) is 0 Å². The number of nitrogens with one attached hydrogen (secondary N) is 2. The topological polar surface area (TPSA) is 73.9 Å². The van der Waals surface area contributed by atoms with Crippen molar-refractivity contribution in [2.75, 3.05) is 26.2 Å². The molecule has 3 rings (SSSR count). The Morgan fingerprint density at radius 3 is 2.12 bits per heavy atom. The highest BCUT2D eigenvalue weighted by Gasteiger charge is 2.26. The van der Waals surface area contributed by atoms with Crippen LogP contribution in [0, 0.1) is 0 Å².